The molecule has 0 saturated carbocycles. The molecular weight excluding hydrogens is 307 g/mol. The van der Waals surface area contributed by atoms with Crippen LogP contribution in [0.15, 0.2) is 36.8 Å². The molecule has 1 saturated heterocycles. The largest absolute Gasteiger partial charge is 0.353 e. The van der Waals surface area contributed by atoms with Gasteiger partial charge in [0, 0.05) is 26.2 Å². The lowest BCUT2D eigenvalue weighted by molar-refractivity contribution is 0.312. The SMILES string of the molecule is CN1CCN(c2ncnc3c2cnn3Cc2cccc(F)c2)CC1. The number of rotatable bonds is 3. The van der Waals surface area contributed by atoms with Gasteiger partial charge in [0.25, 0.3) is 0 Å². The first kappa shape index (κ1) is 15.0. The molecule has 0 amide bonds. The highest BCUT2D eigenvalue weighted by atomic mass is 19.1. The summed E-state index contributed by atoms with van der Waals surface area (Å²) in [5.74, 6) is 0.690. The fraction of sp³-hybridized carbons (Fsp3) is 0.353. The van der Waals surface area contributed by atoms with Crippen molar-refractivity contribution >= 4 is 16.9 Å². The van der Waals surface area contributed by atoms with E-state index in [-0.39, 0.29) is 5.82 Å². The summed E-state index contributed by atoms with van der Waals surface area (Å²) in [5.41, 5.74) is 1.64. The van der Waals surface area contributed by atoms with Gasteiger partial charge in [-0.3, -0.25) is 0 Å². The Morgan fingerprint density at radius 2 is 1.96 bits per heavy atom. The maximum atomic E-state index is 13.4. The molecule has 1 fully saturated rings. The fourth-order valence-electron chi connectivity index (χ4n) is 3.07. The molecule has 124 valence electrons. The van der Waals surface area contributed by atoms with E-state index in [1.807, 2.05) is 12.3 Å². The van der Waals surface area contributed by atoms with E-state index in [4.69, 9.17) is 0 Å². The van der Waals surface area contributed by atoms with Crippen LogP contribution in [0.25, 0.3) is 11.0 Å². The summed E-state index contributed by atoms with van der Waals surface area (Å²) in [5, 5.41) is 5.39. The van der Waals surface area contributed by atoms with Crippen LogP contribution in [0.2, 0.25) is 0 Å². The van der Waals surface area contributed by atoms with Gasteiger partial charge in [-0.15, -0.1) is 0 Å². The van der Waals surface area contributed by atoms with Crippen LogP contribution in [-0.4, -0.2) is 57.9 Å². The van der Waals surface area contributed by atoms with E-state index in [1.165, 1.54) is 12.1 Å². The number of anilines is 1. The van der Waals surface area contributed by atoms with Crippen molar-refractivity contribution in [1.29, 1.82) is 0 Å². The standard InChI is InChI=1S/C17H19FN6/c1-22-5-7-23(8-6-22)16-15-10-21-24(17(15)20-12-19-16)11-13-3-2-4-14(18)9-13/h2-4,9-10,12H,5-8,11H2,1H3. The first-order valence-corrected chi connectivity index (χ1v) is 8.05. The molecule has 0 atom stereocenters. The zero-order valence-corrected chi connectivity index (χ0v) is 13.6. The minimum absolute atomic E-state index is 0.239. The lowest BCUT2D eigenvalue weighted by atomic mass is 10.2. The van der Waals surface area contributed by atoms with Crippen molar-refractivity contribution in [1.82, 2.24) is 24.6 Å². The van der Waals surface area contributed by atoms with Crippen molar-refractivity contribution in [3.8, 4) is 0 Å². The maximum absolute atomic E-state index is 13.4. The number of aromatic nitrogens is 4. The van der Waals surface area contributed by atoms with Crippen molar-refractivity contribution < 1.29 is 4.39 Å². The molecule has 7 heteroatoms. The molecule has 0 spiro atoms. The quantitative estimate of drug-likeness (QED) is 0.734. The molecule has 0 N–H and O–H groups in total. The number of hydrogen-bond donors (Lipinski definition) is 0. The third kappa shape index (κ3) is 2.82. The van der Waals surface area contributed by atoms with Crippen LogP contribution in [-0.2, 0) is 6.54 Å². The van der Waals surface area contributed by atoms with Gasteiger partial charge in [0.2, 0.25) is 0 Å². The Balaban J connectivity index is 1.66. The minimum Gasteiger partial charge on any atom is -0.353 e. The number of benzene rings is 1. The molecule has 6 nitrogen and oxygen atoms in total. The van der Waals surface area contributed by atoms with E-state index in [1.54, 1.807) is 17.1 Å². The Morgan fingerprint density at radius 3 is 2.75 bits per heavy atom. The monoisotopic (exact) mass is 326 g/mol. The zero-order chi connectivity index (χ0) is 16.5. The second-order valence-corrected chi connectivity index (χ2v) is 6.16. The molecule has 3 heterocycles. The molecule has 1 aliphatic rings. The van der Waals surface area contributed by atoms with Crippen molar-refractivity contribution in [2.24, 2.45) is 0 Å². The van der Waals surface area contributed by atoms with Gasteiger partial charge in [-0.05, 0) is 24.7 Å². The normalized spacial score (nSPS) is 16.0. The predicted molar refractivity (Wildman–Crippen MR) is 90.5 cm³/mol. The van der Waals surface area contributed by atoms with Gasteiger partial charge < -0.3 is 9.80 Å². The molecule has 2 aromatic heterocycles. The average Bonchev–Trinajstić information content (AvgIpc) is 2.99. The van der Waals surface area contributed by atoms with Gasteiger partial charge in [0.05, 0.1) is 18.1 Å². The van der Waals surface area contributed by atoms with Crippen LogP contribution in [0, 0.1) is 5.82 Å². The number of likely N-dealkylation sites (N-methyl/N-ethyl adjacent to an activating group) is 1. The lowest BCUT2D eigenvalue weighted by Crippen LogP contribution is -2.44. The van der Waals surface area contributed by atoms with Gasteiger partial charge in [-0.1, -0.05) is 12.1 Å². The molecule has 24 heavy (non-hydrogen) atoms. The summed E-state index contributed by atoms with van der Waals surface area (Å²) in [6.45, 7) is 4.40. The Morgan fingerprint density at radius 1 is 1.12 bits per heavy atom. The Bertz CT molecular complexity index is 853. The molecule has 3 aromatic rings. The van der Waals surface area contributed by atoms with Crippen LogP contribution >= 0.6 is 0 Å². The summed E-state index contributed by atoms with van der Waals surface area (Å²) in [4.78, 5) is 13.4. The summed E-state index contributed by atoms with van der Waals surface area (Å²) < 4.78 is 15.2. The summed E-state index contributed by atoms with van der Waals surface area (Å²) in [6.07, 6.45) is 3.39. The van der Waals surface area contributed by atoms with Crippen molar-refractivity contribution in [3.63, 3.8) is 0 Å². The average molecular weight is 326 g/mol. The highest BCUT2D eigenvalue weighted by Crippen LogP contribution is 2.24. The lowest BCUT2D eigenvalue weighted by Gasteiger charge is -2.33. The molecule has 0 radical (unpaired) electrons. The van der Waals surface area contributed by atoms with E-state index in [9.17, 15) is 4.39 Å². The zero-order valence-electron chi connectivity index (χ0n) is 13.6. The summed E-state index contributed by atoms with van der Waals surface area (Å²) >= 11 is 0. The highest BCUT2D eigenvalue weighted by molar-refractivity contribution is 5.86. The second kappa shape index (κ2) is 6.16. The van der Waals surface area contributed by atoms with E-state index in [2.05, 4.69) is 31.9 Å². The summed E-state index contributed by atoms with van der Waals surface area (Å²) in [6, 6.07) is 6.56. The second-order valence-electron chi connectivity index (χ2n) is 6.16. The van der Waals surface area contributed by atoms with Crippen LogP contribution in [0.1, 0.15) is 5.56 Å². The van der Waals surface area contributed by atoms with Crippen molar-refractivity contribution in [2.45, 2.75) is 6.54 Å². The molecule has 4 rings (SSSR count). The van der Waals surface area contributed by atoms with Gasteiger partial charge in [0.1, 0.15) is 18.0 Å². The smallest absolute Gasteiger partial charge is 0.163 e. The molecule has 0 bridgehead atoms. The molecular formula is C17H19FN6. The number of fused-ring (bicyclic) bond motifs is 1. The topological polar surface area (TPSA) is 50.1 Å². The van der Waals surface area contributed by atoms with Crippen LogP contribution in [0.4, 0.5) is 10.2 Å². The maximum Gasteiger partial charge on any atom is 0.163 e. The van der Waals surface area contributed by atoms with Crippen molar-refractivity contribution in [2.75, 3.05) is 38.1 Å². The Kier molecular flexibility index (Phi) is 3.86. The van der Waals surface area contributed by atoms with E-state index < -0.39 is 0 Å². The number of halogens is 1. The summed E-state index contributed by atoms with van der Waals surface area (Å²) in [7, 11) is 2.13. The number of hydrogen-bond acceptors (Lipinski definition) is 5. The predicted octanol–water partition coefficient (Wildman–Crippen LogP) is 1.77. The van der Waals surface area contributed by atoms with E-state index in [0.29, 0.717) is 6.54 Å². The fourth-order valence-corrected chi connectivity index (χ4v) is 3.07. The number of piperazine rings is 1. The first-order chi connectivity index (χ1) is 11.7. The van der Waals surface area contributed by atoms with E-state index >= 15 is 0 Å². The van der Waals surface area contributed by atoms with Crippen LogP contribution < -0.4 is 4.90 Å². The third-order valence-electron chi connectivity index (χ3n) is 4.44. The minimum atomic E-state index is -0.239. The van der Waals surface area contributed by atoms with Crippen molar-refractivity contribution in [3.05, 3.63) is 48.2 Å². The van der Waals surface area contributed by atoms with Crippen LogP contribution in [0.5, 0.6) is 0 Å². The molecule has 1 aliphatic heterocycles. The molecule has 0 unspecified atom stereocenters. The van der Waals surface area contributed by atoms with E-state index in [0.717, 1.165) is 48.6 Å². The molecule has 0 aliphatic carbocycles. The van der Waals surface area contributed by atoms with Gasteiger partial charge >= 0.3 is 0 Å². The third-order valence-corrected chi connectivity index (χ3v) is 4.44. The molecule has 1 aromatic carbocycles. The Hall–Kier alpha value is -2.54. The van der Waals surface area contributed by atoms with Gasteiger partial charge in [-0.2, -0.15) is 5.10 Å². The Labute approximate surface area is 139 Å². The van der Waals surface area contributed by atoms with Gasteiger partial charge in [-0.25, -0.2) is 19.0 Å². The van der Waals surface area contributed by atoms with Crippen LogP contribution in [0.3, 0.4) is 0 Å². The highest BCUT2D eigenvalue weighted by Gasteiger charge is 2.19. The first-order valence-electron chi connectivity index (χ1n) is 8.05. The number of nitrogens with zero attached hydrogens (tertiary/aromatic N) is 6. The van der Waals surface area contributed by atoms with Gasteiger partial charge in [0.15, 0.2) is 5.65 Å².